The average molecular weight is 515 g/mol. The summed E-state index contributed by atoms with van der Waals surface area (Å²) in [7, 11) is 3.79. The largest absolute Gasteiger partial charge is 0.285 e. The van der Waals surface area contributed by atoms with Crippen molar-refractivity contribution < 1.29 is 0 Å². The van der Waals surface area contributed by atoms with Gasteiger partial charge in [0, 0.05) is 31.4 Å². The van der Waals surface area contributed by atoms with Crippen LogP contribution in [0.2, 0.25) is 0 Å². The predicted molar refractivity (Wildman–Crippen MR) is 156 cm³/mol. The van der Waals surface area contributed by atoms with Crippen molar-refractivity contribution in [2.75, 3.05) is 0 Å². The third-order valence-electron chi connectivity index (χ3n) is 7.91. The normalized spacial score (nSPS) is 11.5. The summed E-state index contributed by atoms with van der Waals surface area (Å²) in [6.07, 6.45) is 0. The number of rotatable bonds is 5. The first-order valence-corrected chi connectivity index (χ1v) is 13.1. The second kappa shape index (κ2) is 9.48. The summed E-state index contributed by atoms with van der Waals surface area (Å²) in [5.74, 6) is -0.566. The molecule has 4 aromatic carbocycles. The fourth-order valence-corrected chi connectivity index (χ4v) is 5.80. The minimum Gasteiger partial charge on any atom is -0.285 e. The van der Waals surface area contributed by atoms with Crippen LogP contribution in [0.1, 0.15) is 34.0 Å². The van der Waals surface area contributed by atoms with Gasteiger partial charge in [-0.1, -0.05) is 78.9 Å². The third kappa shape index (κ3) is 3.79. The van der Waals surface area contributed by atoms with E-state index in [2.05, 4.69) is 18.2 Å². The molecule has 0 amide bonds. The molecule has 0 saturated heterocycles. The second-order valence-electron chi connectivity index (χ2n) is 9.95. The summed E-state index contributed by atoms with van der Waals surface area (Å²) < 4.78 is 7.16. The lowest BCUT2D eigenvalue weighted by molar-refractivity contribution is 0.630. The van der Waals surface area contributed by atoms with Crippen molar-refractivity contribution in [1.29, 1.82) is 0 Å². The molecule has 0 atom stereocenters. The van der Waals surface area contributed by atoms with Crippen LogP contribution in [0.5, 0.6) is 0 Å². The van der Waals surface area contributed by atoms with E-state index < -0.39 is 5.92 Å². The molecule has 2 aromatic heterocycles. The zero-order chi connectivity index (χ0) is 27.3. The standard InChI is InChI=1S/C33H30N4O2/c1-22-29(32(38)36(34(22)3)25-16-7-5-8-17-25)31(28-21-13-15-24-14-11-12-20-27(24)28)30-23(2)35(4)37(33(30)39)26-18-9-6-10-19-26/h5-21,31H,1-4H3. The molecule has 6 nitrogen and oxygen atoms in total. The van der Waals surface area contributed by atoms with Gasteiger partial charge in [0.1, 0.15) is 0 Å². The Morgan fingerprint density at radius 2 is 0.974 bits per heavy atom. The van der Waals surface area contributed by atoms with Crippen molar-refractivity contribution in [3.63, 3.8) is 0 Å². The highest BCUT2D eigenvalue weighted by atomic mass is 16.1. The smallest absolute Gasteiger partial charge is 0.275 e. The molecule has 0 bridgehead atoms. The topological polar surface area (TPSA) is 53.9 Å². The molecule has 0 aliphatic rings. The van der Waals surface area contributed by atoms with Gasteiger partial charge in [-0.25, -0.2) is 9.36 Å². The van der Waals surface area contributed by atoms with E-state index in [0.717, 1.165) is 39.1 Å². The molecule has 0 radical (unpaired) electrons. The highest BCUT2D eigenvalue weighted by Crippen LogP contribution is 2.37. The van der Waals surface area contributed by atoms with Crippen molar-refractivity contribution in [2.24, 2.45) is 14.1 Å². The fourth-order valence-electron chi connectivity index (χ4n) is 5.80. The Hall–Kier alpha value is -4.84. The Balaban J connectivity index is 1.73. The van der Waals surface area contributed by atoms with Gasteiger partial charge in [0.25, 0.3) is 11.1 Å². The van der Waals surface area contributed by atoms with Crippen molar-refractivity contribution in [2.45, 2.75) is 19.8 Å². The number of hydrogen-bond acceptors (Lipinski definition) is 2. The number of fused-ring (bicyclic) bond motifs is 1. The van der Waals surface area contributed by atoms with Crippen LogP contribution in [-0.4, -0.2) is 18.7 Å². The van der Waals surface area contributed by atoms with Crippen LogP contribution in [0.25, 0.3) is 22.1 Å². The molecule has 0 fully saturated rings. The summed E-state index contributed by atoms with van der Waals surface area (Å²) in [5.41, 5.74) is 5.06. The molecule has 39 heavy (non-hydrogen) atoms. The van der Waals surface area contributed by atoms with Gasteiger partial charge in [-0.3, -0.25) is 19.0 Å². The average Bonchev–Trinajstić information content (AvgIpc) is 3.32. The van der Waals surface area contributed by atoms with E-state index in [1.54, 1.807) is 9.36 Å². The van der Waals surface area contributed by atoms with E-state index in [1.165, 1.54) is 0 Å². The minimum atomic E-state index is -0.566. The predicted octanol–water partition coefficient (Wildman–Crippen LogP) is 5.62. The quantitative estimate of drug-likeness (QED) is 0.300. The first-order valence-electron chi connectivity index (χ1n) is 13.1. The second-order valence-corrected chi connectivity index (χ2v) is 9.95. The molecular weight excluding hydrogens is 484 g/mol. The van der Waals surface area contributed by atoms with Crippen LogP contribution in [0, 0.1) is 13.8 Å². The van der Waals surface area contributed by atoms with Crippen LogP contribution in [0.15, 0.2) is 113 Å². The Bertz CT molecular complexity index is 1830. The SMILES string of the molecule is Cc1c(C(c2c(C)n(C)n(-c3ccccc3)c2=O)c2cccc3ccccc23)c(=O)n(-c2ccccc2)n1C. The Morgan fingerprint density at radius 1 is 0.538 bits per heavy atom. The van der Waals surface area contributed by atoms with Gasteiger partial charge in [0.05, 0.1) is 22.5 Å². The zero-order valence-corrected chi connectivity index (χ0v) is 22.5. The van der Waals surface area contributed by atoms with Crippen LogP contribution in [0.4, 0.5) is 0 Å². The Morgan fingerprint density at radius 3 is 1.49 bits per heavy atom. The number of para-hydroxylation sites is 2. The minimum absolute atomic E-state index is 0.131. The number of nitrogens with zero attached hydrogens (tertiary/aromatic N) is 4. The third-order valence-corrected chi connectivity index (χ3v) is 7.91. The molecule has 0 N–H and O–H groups in total. The lowest BCUT2D eigenvalue weighted by Crippen LogP contribution is -2.26. The summed E-state index contributed by atoms with van der Waals surface area (Å²) in [4.78, 5) is 28.7. The van der Waals surface area contributed by atoms with E-state index in [0.29, 0.717) is 11.1 Å². The summed E-state index contributed by atoms with van der Waals surface area (Å²) in [5, 5.41) is 2.08. The number of hydrogen-bond donors (Lipinski definition) is 0. The molecule has 194 valence electrons. The van der Waals surface area contributed by atoms with E-state index in [-0.39, 0.29) is 11.1 Å². The van der Waals surface area contributed by atoms with E-state index >= 15 is 0 Å². The molecule has 0 spiro atoms. The summed E-state index contributed by atoms with van der Waals surface area (Å²) in [6, 6.07) is 33.5. The van der Waals surface area contributed by atoms with Gasteiger partial charge in [-0.15, -0.1) is 0 Å². The zero-order valence-electron chi connectivity index (χ0n) is 22.5. The van der Waals surface area contributed by atoms with Gasteiger partial charge in [0.2, 0.25) is 0 Å². The molecule has 0 saturated carbocycles. The maximum absolute atomic E-state index is 14.3. The first-order chi connectivity index (χ1) is 18.9. The van der Waals surface area contributed by atoms with Crippen molar-refractivity contribution >= 4 is 10.8 Å². The molecule has 0 aliphatic carbocycles. The highest BCUT2D eigenvalue weighted by molar-refractivity contribution is 5.87. The molecule has 6 aromatic rings. The van der Waals surface area contributed by atoms with Gasteiger partial charge < -0.3 is 0 Å². The molecule has 0 aliphatic heterocycles. The lowest BCUT2D eigenvalue weighted by Gasteiger charge is -2.18. The summed E-state index contributed by atoms with van der Waals surface area (Å²) in [6.45, 7) is 3.92. The number of benzene rings is 4. The van der Waals surface area contributed by atoms with Gasteiger partial charge in [-0.05, 0) is 54.4 Å². The molecule has 6 rings (SSSR count). The molecule has 0 unspecified atom stereocenters. The van der Waals surface area contributed by atoms with E-state index in [9.17, 15) is 9.59 Å². The Kier molecular flexibility index (Phi) is 5.95. The maximum Gasteiger partial charge on any atom is 0.275 e. The fraction of sp³-hybridized carbons (Fsp3) is 0.152. The van der Waals surface area contributed by atoms with Crippen molar-refractivity contribution in [3.05, 3.63) is 152 Å². The molecule has 2 heterocycles. The van der Waals surface area contributed by atoms with Gasteiger partial charge in [-0.2, -0.15) is 0 Å². The molecular formula is C33H30N4O2. The summed E-state index contributed by atoms with van der Waals surface area (Å²) >= 11 is 0. The lowest BCUT2D eigenvalue weighted by atomic mass is 9.83. The van der Waals surface area contributed by atoms with Crippen LogP contribution in [0.3, 0.4) is 0 Å². The molecule has 6 heteroatoms. The Labute approximate surface area is 226 Å². The van der Waals surface area contributed by atoms with Crippen LogP contribution in [-0.2, 0) is 14.1 Å². The van der Waals surface area contributed by atoms with Crippen molar-refractivity contribution in [1.82, 2.24) is 18.7 Å². The van der Waals surface area contributed by atoms with Gasteiger partial charge >= 0.3 is 0 Å². The van der Waals surface area contributed by atoms with Crippen molar-refractivity contribution in [3.8, 4) is 11.4 Å². The van der Waals surface area contributed by atoms with Gasteiger partial charge in [0.15, 0.2) is 0 Å². The van der Waals surface area contributed by atoms with E-state index in [1.807, 2.05) is 122 Å². The maximum atomic E-state index is 14.3. The first kappa shape index (κ1) is 24.5. The number of aromatic nitrogens is 4. The van der Waals surface area contributed by atoms with Crippen LogP contribution < -0.4 is 11.1 Å². The monoisotopic (exact) mass is 514 g/mol. The van der Waals surface area contributed by atoms with E-state index in [4.69, 9.17) is 0 Å². The highest BCUT2D eigenvalue weighted by Gasteiger charge is 2.33. The van der Waals surface area contributed by atoms with Crippen LogP contribution >= 0.6 is 0 Å².